The molecule has 6 heteroatoms. The molecule has 0 saturated carbocycles. The molecule has 27 heavy (non-hydrogen) atoms. The SMILES string of the molecule is O=C(N/N=C/c1cccc(F)c1)c1ccc(OCc2ccc(Cl)cc2)cc1. The van der Waals surface area contributed by atoms with Crippen molar-refractivity contribution in [1.82, 2.24) is 5.43 Å². The second-order valence-electron chi connectivity index (χ2n) is 5.69. The van der Waals surface area contributed by atoms with Crippen LogP contribution in [0.25, 0.3) is 0 Å². The fourth-order valence-corrected chi connectivity index (χ4v) is 2.39. The van der Waals surface area contributed by atoms with Crippen LogP contribution in [0.2, 0.25) is 5.02 Å². The summed E-state index contributed by atoms with van der Waals surface area (Å²) in [5.74, 6) is -0.0869. The lowest BCUT2D eigenvalue weighted by Crippen LogP contribution is -2.17. The first-order valence-corrected chi connectivity index (χ1v) is 8.54. The normalized spacial score (nSPS) is 10.7. The molecule has 0 aliphatic heterocycles. The van der Waals surface area contributed by atoms with Crippen LogP contribution in [0.1, 0.15) is 21.5 Å². The van der Waals surface area contributed by atoms with E-state index in [1.54, 1.807) is 48.5 Å². The standard InChI is InChI=1S/C21H16ClFN2O2/c22-18-8-4-15(5-9-18)14-27-20-10-6-17(7-11-20)21(26)25-24-13-16-2-1-3-19(23)12-16/h1-13H,14H2,(H,25,26)/b24-13+. The Labute approximate surface area is 161 Å². The molecule has 0 atom stereocenters. The number of amides is 1. The van der Waals surface area contributed by atoms with Crippen LogP contribution in [0.4, 0.5) is 4.39 Å². The minimum atomic E-state index is -0.369. The van der Waals surface area contributed by atoms with Crippen LogP contribution in [-0.2, 0) is 6.61 Å². The zero-order valence-electron chi connectivity index (χ0n) is 14.2. The van der Waals surface area contributed by atoms with E-state index in [0.29, 0.717) is 28.5 Å². The lowest BCUT2D eigenvalue weighted by Gasteiger charge is -2.07. The van der Waals surface area contributed by atoms with Gasteiger partial charge in [0.2, 0.25) is 0 Å². The predicted molar refractivity (Wildman–Crippen MR) is 104 cm³/mol. The van der Waals surface area contributed by atoms with Gasteiger partial charge in [-0.2, -0.15) is 5.10 Å². The van der Waals surface area contributed by atoms with Gasteiger partial charge in [-0.05, 0) is 59.7 Å². The minimum Gasteiger partial charge on any atom is -0.489 e. The number of ether oxygens (including phenoxy) is 1. The summed E-state index contributed by atoms with van der Waals surface area (Å²) in [4.78, 5) is 12.1. The highest BCUT2D eigenvalue weighted by molar-refractivity contribution is 6.30. The lowest BCUT2D eigenvalue weighted by atomic mass is 10.2. The number of benzene rings is 3. The molecule has 3 aromatic rings. The van der Waals surface area contributed by atoms with Crippen LogP contribution >= 0.6 is 11.6 Å². The van der Waals surface area contributed by atoms with E-state index >= 15 is 0 Å². The third-order valence-corrected chi connectivity index (χ3v) is 3.92. The van der Waals surface area contributed by atoms with Crippen LogP contribution in [0.3, 0.4) is 0 Å². The third-order valence-electron chi connectivity index (χ3n) is 3.66. The maximum absolute atomic E-state index is 13.1. The average Bonchev–Trinajstić information content (AvgIpc) is 2.68. The van der Waals surface area contributed by atoms with Crippen LogP contribution in [0.5, 0.6) is 5.75 Å². The molecular weight excluding hydrogens is 367 g/mol. The van der Waals surface area contributed by atoms with Gasteiger partial charge in [0.05, 0.1) is 6.21 Å². The Hall–Kier alpha value is -3.18. The van der Waals surface area contributed by atoms with Crippen molar-refractivity contribution in [3.8, 4) is 5.75 Å². The van der Waals surface area contributed by atoms with E-state index in [1.807, 2.05) is 12.1 Å². The van der Waals surface area contributed by atoms with Crippen molar-refractivity contribution in [2.24, 2.45) is 5.10 Å². The van der Waals surface area contributed by atoms with Crippen LogP contribution < -0.4 is 10.2 Å². The maximum atomic E-state index is 13.1. The number of rotatable bonds is 6. The molecular formula is C21H16ClFN2O2. The van der Waals surface area contributed by atoms with Crippen molar-refractivity contribution < 1.29 is 13.9 Å². The van der Waals surface area contributed by atoms with Crippen LogP contribution in [0, 0.1) is 5.82 Å². The fourth-order valence-electron chi connectivity index (χ4n) is 2.27. The predicted octanol–water partition coefficient (Wildman–Crippen LogP) is 4.82. The molecule has 136 valence electrons. The molecule has 0 heterocycles. The number of hydrazone groups is 1. The molecule has 1 amide bonds. The number of carbonyl (C=O) groups excluding carboxylic acids is 1. The molecule has 0 fully saturated rings. The van der Waals surface area contributed by atoms with E-state index in [-0.39, 0.29) is 11.7 Å². The van der Waals surface area contributed by atoms with Gasteiger partial charge in [0.1, 0.15) is 18.2 Å². The zero-order chi connectivity index (χ0) is 19.1. The lowest BCUT2D eigenvalue weighted by molar-refractivity contribution is 0.0955. The van der Waals surface area contributed by atoms with Gasteiger partial charge in [0.15, 0.2) is 0 Å². The Morgan fingerprint density at radius 2 is 1.81 bits per heavy atom. The number of hydrogen-bond donors (Lipinski definition) is 1. The minimum absolute atomic E-state index is 0.362. The molecule has 4 nitrogen and oxygen atoms in total. The molecule has 0 saturated heterocycles. The quantitative estimate of drug-likeness (QED) is 0.490. The largest absolute Gasteiger partial charge is 0.489 e. The summed E-state index contributed by atoms with van der Waals surface area (Å²) in [6.07, 6.45) is 1.38. The Kier molecular flexibility index (Phi) is 6.18. The molecule has 0 aliphatic carbocycles. The van der Waals surface area contributed by atoms with E-state index in [2.05, 4.69) is 10.5 Å². The molecule has 3 rings (SSSR count). The van der Waals surface area contributed by atoms with E-state index in [4.69, 9.17) is 16.3 Å². The molecule has 0 aliphatic rings. The van der Waals surface area contributed by atoms with Gasteiger partial charge in [0, 0.05) is 10.6 Å². The molecule has 3 aromatic carbocycles. The van der Waals surface area contributed by atoms with Crippen molar-refractivity contribution >= 4 is 23.7 Å². The van der Waals surface area contributed by atoms with Gasteiger partial charge in [-0.1, -0.05) is 35.9 Å². The van der Waals surface area contributed by atoms with Crippen LogP contribution in [-0.4, -0.2) is 12.1 Å². The molecule has 1 N–H and O–H groups in total. The van der Waals surface area contributed by atoms with Crippen molar-refractivity contribution in [2.75, 3.05) is 0 Å². The summed E-state index contributed by atoms with van der Waals surface area (Å²) in [6, 6.07) is 20.0. The Morgan fingerprint density at radius 3 is 2.52 bits per heavy atom. The van der Waals surface area contributed by atoms with E-state index < -0.39 is 0 Å². The van der Waals surface area contributed by atoms with Gasteiger partial charge in [0.25, 0.3) is 5.91 Å². The third kappa shape index (κ3) is 5.66. The Morgan fingerprint density at radius 1 is 1.07 bits per heavy atom. The van der Waals surface area contributed by atoms with Crippen molar-refractivity contribution in [3.05, 3.63) is 100 Å². The summed E-state index contributed by atoms with van der Waals surface area (Å²) in [6.45, 7) is 0.403. The van der Waals surface area contributed by atoms with Gasteiger partial charge >= 0.3 is 0 Å². The topological polar surface area (TPSA) is 50.7 Å². The number of nitrogens with zero attached hydrogens (tertiary/aromatic N) is 1. The highest BCUT2D eigenvalue weighted by Crippen LogP contribution is 2.15. The first-order valence-electron chi connectivity index (χ1n) is 8.16. The Balaban J connectivity index is 1.53. The van der Waals surface area contributed by atoms with Gasteiger partial charge < -0.3 is 4.74 Å². The molecule has 0 aromatic heterocycles. The van der Waals surface area contributed by atoms with Crippen molar-refractivity contribution in [3.63, 3.8) is 0 Å². The number of nitrogens with one attached hydrogen (secondary N) is 1. The van der Waals surface area contributed by atoms with E-state index in [9.17, 15) is 9.18 Å². The van der Waals surface area contributed by atoms with Gasteiger partial charge in [-0.15, -0.1) is 0 Å². The molecule has 0 bridgehead atoms. The molecule has 0 unspecified atom stereocenters. The number of carbonyl (C=O) groups is 1. The summed E-state index contributed by atoms with van der Waals surface area (Å²) in [7, 11) is 0. The van der Waals surface area contributed by atoms with E-state index in [1.165, 1.54) is 18.3 Å². The summed E-state index contributed by atoms with van der Waals surface area (Å²) in [5.41, 5.74) is 4.39. The average molecular weight is 383 g/mol. The smallest absolute Gasteiger partial charge is 0.271 e. The molecule has 0 spiro atoms. The van der Waals surface area contributed by atoms with E-state index in [0.717, 1.165) is 5.56 Å². The summed E-state index contributed by atoms with van der Waals surface area (Å²) >= 11 is 5.85. The van der Waals surface area contributed by atoms with Crippen LogP contribution in [0.15, 0.2) is 77.9 Å². The highest BCUT2D eigenvalue weighted by atomic mass is 35.5. The first kappa shape index (κ1) is 18.6. The fraction of sp³-hybridized carbons (Fsp3) is 0.0476. The summed E-state index contributed by atoms with van der Waals surface area (Å²) in [5, 5.41) is 4.51. The summed E-state index contributed by atoms with van der Waals surface area (Å²) < 4.78 is 18.8. The Bertz CT molecular complexity index is 941. The first-order chi connectivity index (χ1) is 13.1. The van der Waals surface area contributed by atoms with Crippen molar-refractivity contribution in [1.29, 1.82) is 0 Å². The molecule has 0 radical (unpaired) electrons. The zero-order valence-corrected chi connectivity index (χ0v) is 15.0. The highest BCUT2D eigenvalue weighted by Gasteiger charge is 2.04. The van der Waals surface area contributed by atoms with Gasteiger partial charge in [-0.3, -0.25) is 4.79 Å². The number of halogens is 2. The maximum Gasteiger partial charge on any atom is 0.271 e. The van der Waals surface area contributed by atoms with Gasteiger partial charge in [-0.25, -0.2) is 9.82 Å². The van der Waals surface area contributed by atoms with Crippen molar-refractivity contribution in [2.45, 2.75) is 6.61 Å². The second kappa shape index (κ2) is 8.96. The number of hydrogen-bond acceptors (Lipinski definition) is 3. The second-order valence-corrected chi connectivity index (χ2v) is 6.13. The monoisotopic (exact) mass is 382 g/mol.